The van der Waals surface area contributed by atoms with Gasteiger partial charge < -0.3 is 9.80 Å². The Kier molecular flexibility index (Phi) is 6.96. The predicted octanol–water partition coefficient (Wildman–Crippen LogP) is 2.61. The van der Waals surface area contributed by atoms with Crippen LogP contribution in [0.4, 0.5) is 0 Å². The molecule has 3 aliphatic rings. The first-order chi connectivity index (χ1) is 12.5. The first-order valence-electron chi connectivity index (χ1n) is 10.8. The maximum atomic E-state index is 12.6. The second-order valence-corrected chi connectivity index (χ2v) is 9.09. The minimum Gasteiger partial charge on any atom is -0.341 e. The second kappa shape index (κ2) is 9.20. The van der Waals surface area contributed by atoms with Gasteiger partial charge in [0.05, 0.1) is 6.54 Å². The van der Waals surface area contributed by atoms with E-state index in [9.17, 15) is 9.59 Å². The lowest BCUT2D eigenvalue weighted by Gasteiger charge is -2.38. The van der Waals surface area contributed by atoms with E-state index >= 15 is 0 Å². The Morgan fingerprint density at radius 3 is 2.08 bits per heavy atom. The Bertz CT molecular complexity index is 472. The molecule has 0 aromatic heterocycles. The summed E-state index contributed by atoms with van der Waals surface area (Å²) < 4.78 is 0. The maximum absolute atomic E-state index is 12.6. The van der Waals surface area contributed by atoms with Crippen molar-refractivity contribution in [1.82, 2.24) is 14.7 Å². The van der Waals surface area contributed by atoms with Crippen molar-refractivity contribution in [1.29, 1.82) is 0 Å². The van der Waals surface area contributed by atoms with Gasteiger partial charge in [-0.25, -0.2) is 0 Å². The number of amides is 2. The van der Waals surface area contributed by atoms with Gasteiger partial charge >= 0.3 is 0 Å². The van der Waals surface area contributed by atoms with Crippen LogP contribution in [0.25, 0.3) is 0 Å². The van der Waals surface area contributed by atoms with Gasteiger partial charge in [-0.1, -0.05) is 39.5 Å². The number of piperidine rings is 1. The minimum atomic E-state index is 0.268. The SMILES string of the molecule is CC1CC(C)CN(C(=O)CN2CCN(C(=O)CCC3CCCC3)CC2)C1. The lowest BCUT2D eigenvalue weighted by Crippen LogP contribution is -2.53. The number of carbonyl (C=O) groups excluding carboxylic acids is 2. The van der Waals surface area contributed by atoms with E-state index in [0.717, 1.165) is 51.6 Å². The number of piperazine rings is 1. The minimum absolute atomic E-state index is 0.268. The second-order valence-electron chi connectivity index (χ2n) is 9.09. The number of hydrogen-bond acceptors (Lipinski definition) is 3. The first kappa shape index (κ1) is 19.7. The average molecular weight is 364 g/mol. The molecule has 1 saturated carbocycles. The van der Waals surface area contributed by atoms with Gasteiger partial charge in [0, 0.05) is 45.7 Å². The molecule has 0 bridgehead atoms. The van der Waals surface area contributed by atoms with Crippen molar-refractivity contribution < 1.29 is 9.59 Å². The van der Waals surface area contributed by atoms with Gasteiger partial charge in [-0.05, 0) is 30.6 Å². The van der Waals surface area contributed by atoms with Crippen LogP contribution < -0.4 is 0 Å². The van der Waals surface area contributed by atoms with Gasteiger partial charge in [0.1, 0.15) is 0 Å². The van der Waals surface area contributed by atoms with Crippen LogP contribution in [-0.2, 0) is 9.59 Å². The Balaban J connectivity index is 1.36. The Labute approximate surface area is 159 Å². The molecule has 148 valence electrons. The van der Waals surface area contributed by atoms with E-state index in [0.29, 0.717) is 30.7 Å². The monoisotopic (exact) mass is 363 g/mol. The van der Waals surface area contributed by atoms with Crippen molar-refractivity contribution in [3.05, 3.63) is 0 Å². The highest BCUT2D eigenvalue weighted by molar-refractivity contribution is 5.78. The van der Waals surface area contributed by atoms with E-state index in [4.69, 9.17) is 0 Å². The summed E-state index contributed by atoms with van der Waals surface area (Å²) in [4.78, 5) is 31.4. The molecule has 2 saturated heterocycles. The van der Waals surface area contributed by atoms with Crippen LogP contribution >= 0.6 is 0 Å². The third-order valence-electron chi connectivity index (χ3n) is 6.55. The summed E-state index contributed by atoms with van der Waals surface area (Å²) in [5.41, 5.74) is 0. The summed E-state index contributed by atoms with van der Waals surface area (Å²) in [6, 6.07) is 0. The Morgan fingerprint density at radius 1 is 0.846 bits per heavy atom. The number of rotatable bonds is 5. The molecule has 2 atom stereocenters. The molecule has 2 unspecified atom stereocenters. The van der Waals surface area contributed by atoms with Crippen molar-refractivity contribution in [2.75, 3.05) is 45.8 Å². The molecule has 0 radical (unpaired) electrons. The van der Waals surface area contributed by atoms with E-state index in [1.165, 1.54) is 32.1 Å². The fraction of sp³-hybridized carbons (Fsp3) is 0.905. The summed E-state index contributed by atoms with van der Waals surface area (Å²) in [7, 11) is 0. The molecule has 26 heavy (non-hydrogen) atoms. The van der Waals surface area contributed by atoms with Crippen LogP contribution in [0.3, 0.4) is 0 Å². The molecular formula is C21H37N3O2. The van der Waals surface area contributed by atoms with Crippen LogP contribution in [-0.4, -0.2) is 72.3 Å². The summed E-state index contributed by atoms with van der Waals surface area (Å²) in [6.45, 7) is 10.0. The highest BCUT2D eigenvalue weighted by atomic mass is 16.2. The molecule has 5 heteroatoms. The molecule has 0 N–H and O–H groups in total. The van der Waals surface area contributed by atoms with Crippen molar-refractivity contribution in [2.24, 2.45) is 17.8 Å². The largest absolute Gasteiger partial charge is 0.341 e. The summed E-state index contributed by atoms with van der Waals surface area (Å²) in [6.07, 6.45) is 8.34. The van der Waals surface area contributed by atoms with Crippen molar-refractivity contribution in [2.45, 2.75) is 58.8 Å². The molecule has 3 fully saturated rings. The van der Waals surface area contributed by atoms with E-state index in [1.807, 2.05) is 4.90 Å². The molecule has 2 heterocycles. The molecule has 0 aromatic carbocycles. The standard InChI is InChI=1S/C21H37N3O2/c1-17-13-18(2)15-24(14-17)21(26)16-22-9-11-23(12-10-22)20(25)8-7-19-5-3-4-6-19/h17-19H,3-16H2,1-2H3. The normalized spacial score (nSPS) is 28.5. The van der Waals surface area contributed by atoms with Gasteiger partial charge in [-0.3, -0.25) is 14.5 Å². The first-order valence-corrected chi connectivity index (χ1v) is 10.8. The summed E-state index contributed by atoms with van der Waals surface area (Å²) in [5.74, 6) is 2.59. The molecule has 1 aliphatic carbocycles. The molecule has 0 spiro atoms. The fourth-order valence-electron chi connectivity index (χ4n) is 5.10. The molecule has 2 aliphatic heterocycles. The van der Waals surface area contributed by atoms with Crippen molar-refractivity contribution in [3.63, 3.8) is 0 Å². The molecule has 3 rings (SSSR count). The molecule has 0 aromatic rings. The third-order valence-corrected chi connectivity index (χ3v) is 6.55. The van der Waals surface area contributed by atoms with Crippen molar-refractivity contribution >= 4 is 11.8 Å². The van der Waals surface area contributed by atoms with E-state index < -0.39 is 0 Å². The lowest BCUT2D eigenvalue weighted by molar-refractivity contribution is -0.137. The maximum Gasteiger partial charge on any atom is 0.236 e. The fourth-order valence-corrected chi connectivity index (χ4v) is 5.10. The zero-order chi connectivity index (χ0) is 18.5. The van der Waals surface area contributed by atoms with Crippen LogP contribution in [0.15, 0.2) is 0 Å². The van der Waals surface area contributed by atoms with E-state index in [-0.39, 0.29) is 5.91 Å². The highest BCUT2D eigenvalue weighted by Gasteiger charge is 2.28. The van der Waals surface area contributed by atoms with E-state index in [2.05, 4.69) is 23.6 Å². The average Bonchev–Trinajstić information content (AvgIpc) is 3.13. The quantitative estimate of drug-likeness (QED) is 0.754. The van der Waals surface area contributed by atoms with Crippen LogP contribution in [0.5, 0.6) is 0 Å². The smallest absolute Gasteiger partial charge is 0.236 e. The molecular weight excluding hydrogens is 326 g/mol. The van der Waals surface area contributed by atoms with Crippen LogP contribution in [0.1, 0.15) is 58.8 Å². The predicted molar refractivity (Wildman–Crippen MR) is 104 cm³/mol. The lowest BCUT2D eigenvalue weighted by atomic mass is 9.92. The topological polar surface area (TPSA) is 43.9 Å². The number of likely N-dealkylation sites (tertiary alicyclic amines) is 1. The number of hydrogen-bond donors (Lipinski definition) is 0. The highest BCUT2D eigenvalue weighted by Crippen LogP contribution is 2.28. The van der Waals surface area contributed by atoms with Gasteiger partial charge in [0.2, 0.25) is 11.8 Å². The van der Waals surface area contributed by atoms with Gasteiger partial charge in [0.15, 0.2) is 0 Å². The van der Waals surface area contributed by atoms with Crippen LogP contribution in [0, 0.1) is 17.8 Å². The van der Waals surface area contributed by atoms with Crippen LogP contribution in [0.2, 0.25) is 0 Å². The van der Waals surface area contributed by atoms with E-state index in [1.54, 1.807) is 0 Å². The Hall–Kier alpha value is -1.10. The number of carbonyl (C=O) groups is 2. The summed E-state index contributed by atoms with van der Waals surface area (Å²) >= 11 is 0. The molecule has 2 amide bonds. The number of nitrogens with zero attached hydrogens (tertiary/aromatic N) is 3. The summed E-state index contributed by atoms with van der Waals surface area (Å²) in [5, 5.41) is 0. The molecule has 5 nitrogen and oxygen atoms in total. The zero-order valence-corrected chi connectivity index (χ0v) is 16.8. The van der Waals surface area contributed by atoms with Gasteiger partial charge in [0.25, 0.3) is 0 Å². The van der Waals surface area contributed by atoms with Gasteiger partial charge in [-0.15, -0.1) is 0 Å². The Morgan fingerprint density at radius 2 is 1.46 bits per heavy atom. The van der Waals surface area contributed by atoms with Crippen molar-refractivity contribution in [3.8, 4) is 0 Å². The zero-order valence-electron chi connectivity index (χ0n) is 16.8. The van der Waals surface area contributed by atoms with Gasteiger partial charge in [-0.2, -0.15) is 0 Å². The third kappa shape index (κ3) is 5.45.